The van der Waals surface area contributed by atoms with Gasteiger partial charge >= 0.3 is 0 Å². The van der Waals surface area contributed by atoms with Gasteiger partial charge in [0.1, 0.15) is 5.54 Å². The van der Waals surface area contributed by atoms with Gasteiger partial charge in [0, 0.05) is 6.42 Å². The molecular formula is C12H14Cl2N2. The minimum atomic E-state index is -0.575. The molecule has 0 bridgehead atoms. The van der Waals surface area contributed by atoms with Gasteiger partial charge < -0.3 is 0 Å². The molecule has 0 amide bonds. The van der Waals surface area contributed by atoms with E-state index < -0.39 is 5.54 Å². The van der Waals surface area contributed by atoms with Gasteiger partial charge in [-0.1, -0.05) is 35.3 Å². The van der Waals surface area contributed by atoms with E-state index in [1.165, 1.54) is 0 Å². The highest BCUT2D eigenvalue weighted by atomic mass is 35.5. The van der Waals surface area contributed by atoms with Gasteiger partial charge in [0.25, 0.3) is 0 Å². The van der Waals surface area contributed by atoms with Crippen LogP contribution in [0.5, 0.6) is 0 Å². The maximum atomic E-state index is 9.21. The van der Waals surface area contributed by atoms with Crippen molar-refractivity contribution in [3.63, 3.8) is 0 Å². The summed E-state index contributed by atoms with van der Waals surface area (Å²) < 4.78 is 0. The number of nitrogens with zero attached hydrogens (tertiary/aromatic N) is 2. The molecule has 1 rings (SSSR count). The largest absolute Gasteiger partial charge is 0.292 e. The lowest BCUT2D eigenvalue weighted by Gasteiger charge is -2.29. The Hall–Kier alpha value is -0.750. The van der Waals surface area contributed by atoms with Crippen LogP contribution in [0.15, 0.2) is 18.2 Å². The van der Waals surface area contributed by atoms with Crippen molar-refractivity contribution in [2.75, 3.05) is 14.1 Å². The van der Waals surface area contributed by atoms with E-state index in [0.717, 1.165) is 5.56 Å². The summed E-state index contributed by atoms with van der Waals surface area (Å²) in [6.07, 6.45) is 0.551. The van der Waals surface area contributed by atoms with E-state index in [2.05, 4.69) is 6.07 Å². The summed E-state index contributed by atoms with van der Waals surface area (Å²) in [5.41, 5.74) is 0.320. The molecule has 1 aromatic rings. The van der Waals surface area contributed by atoms with Crippen molar-refractivity contribution in [1.82, 2.24) is 4.90 Å². The van der Waals surface area contributed by atoms with Crippen molar-refractivity contribution in [3.05, 3.63) is 33.8 Å². The third-order valence-electron chi connectivity index (χ3n) is 2.79. The van der Waals surface area contributed by atoms with Gasteiger partial charge in [0.15, 0.2) is 0 Å². The Morgan fingerprint density at radius 2 is 2.00 bits per heavy atom. The number of nitriles is 1. The third-order valence-corrected chi connectivity index (χ3v) is 3.65. The standard InChI is InChI=1S/C12H14Cl2N2/c1-12(8-15,16(2)3)7-9-5-4-6-10(13)11(9)14/h4-6H,7H2,1-3H3. The van der Waals surface area contributed by atoms with Gasteiger partial charge in [-0.2, -0.15) is 5.26 Å². The van der Waals surface area contributed by atoms with Gasteiger partial charge in [0.2, 0.25) is 0 Å². The second-order valence-corrected chi connectivity index (χ2v) is 4.95. The maximum Gasteiger partial charge on any atom is 0.110 e. The molecule has 0 heterocycles. The molecule has 16 heavy (non-hydrogen) atoms. The molecule has 1 atom stereocenters. The first-order valence-corrected chi connectivity index (χ1v) is 5.68. The first-order chi connectivity index (χ1) is 7.40. The van der Waals surface area contributed by atoms with Gasteiger partial charge in [0.05, 0.1) is 16.1 Å². The van der Waals surface area contributed by atoms with Gasteiger partial charge in [-0.3, -0.25) is 4.90 Å². The zero-order valence-electron chi connectivity index (χ0n) is 9.59. The van der Waals surface area contributed by atoms with E-state index >= 15 is 0 Å². The highest BCUT2D eigenvalue weighted by Crippen LogP contribution is 2.29. The molecule has 0 spiro atoms. The van der Waals surface area contributed by atoms with Gasteiger partial charge in [-0.15, -0.1) is 0 Å². The first kappa shape index (κ1) is 13.3. The lowest BCUT2D eigenvalue weighted by molar-refractivity contribution is 0.237. The monoisotopic (exact) mass is 256 g/mol. The van der Waals surface area contributed by atoms with Crippen molar-refractivity contribution in [1.29, 1.82) is 5.26 Å². The molecule has 0 radical (unpaired) electrons. The van der Waals surface area contributed by atoms with Gasteiger partial charge in [-0.25, -0.2) is 0 Å². The molecule has 0 N–H and O–H groups in total. The smallest absolute Gasteiger partial charge is 0.110 e. The second kappa shape index (κ2) is 5.05. The van der Waals surface area contributed by atoms with Crippen LogP contribution in [0.25, 0.3) is 0 Å². The Labute approximate surface area is 106 Å². The molecule has 0 fully saturated rings. The van der Waals surface area contributed by atoms with Crippen molar-refractivity contribution in [2.45, 2.75) is 18.9 Å². The summed E-state index contributed by atoms with van der Waals surface area (Å²) in [4.78, 5) is 1.88. The lowest BCUT2D eigenvalue weighted by Crippen LogP contribution is -2.41. The Kier molecular flexibility index (Phi) is 4.21. The van der Waals surface area contributed by atoms with E-state index in [-0.39, 0.29) is 0 Å². The lowest BCUT2D eigenvalue weighted by atomic mass is 9.93. The number of benzene rings is 1. The Morgan fingerprint density at radius 1 is 1.38 bits per heavy atom. The summed E-state index contributed by atoms with van der Waals surface area (Å²) in [6.45, 7) is 1.88. The average molecular weight is 257 g/mol. The van der Waals surface area contributed by atoms with Crippen LogP contribution in [0.1, 0.15) is 12.5 Å². The van der Waals surface area contributed by atoms with Crippen molar-refractivity contribution in [2.24, 2.45) is 0 Å². The fraction of sp³-hybridized carbons (Fsp3) is 0.417. The molecule has 0 saturated carbocycles. The molecule has 2 nitrogen and oxygen atoms in total. The quantitative estimate of drug-likeness (QED) is 0.829. The minimum absolute atomic E-state index is 0.526. The normalized spacial score (nSPS) is 14.6. The molecule has 1 aromatic carbocycles. The van der Waals surface area contributed by atoms with Crippen molar-refractivity contribution >= 4 is 23.2 Å². The van der Waals surface area contributed by atoms with Crippen LogP contribution in [0, 0.1) is 11.3 Å². The second-order valence-electron chi connectivity index (χ2n) is 4.17. The SMILES string of the molecule is CN(C)C(C)(C#N)Cc1cccc(Cl)c1Cl. The molecule has 1 unspecified atom stereocenters. The minimum Gasteiger partial charge on any atom is -0.292 e. The van der Waals surface area contributed by atoms with Crippen molar-refractivity contribution < 1.29 is 0 Å². The van der Waals surface area contributed by atoms with Gasteiger partial charge in [-0.05, 0) is 32.6 Å². The van der Waals surface area contributed by atoms with Crippen LogP contribution in [0.4, 0.5) is 0 Å². The summed E-state index contributed by atoms with van der Waals surface area (Å²) in [5, 5.41) is 10.3. The summed E-state index contributed by atoms with van der Waals surface area (Å²) >= 11 is 12.0. The Balaban J connectivity index is 3.05. The molecule has 0 aromatic heterocycles. The van der Waals surface area contributed by atoms with Crippen LogP contribution in [0.2, 0.25) is 10.0 Å². The van der Waals surface area contributed by atoms with E-state index in [1.54, 1.807) is 6.07 Å². The summed E-state index contributed by atoms with van der Waals surface area (Å²) in [7, 11) is 3.75. The number of hydrogen-bond acceptors (Lipinski definition) is 2. The molecule has 4 heteroatoms. The van der Waals surface area contributed by atoms with Crippen LogP contribution in [0.3, 0.4) is 0 Å². The van der Waals surface area contributed by atoms with Crippen LogP contribution >= 0.6 is 23.2 Å². The highest BCUT2D eigenvalue weighted by molar-refractivity contribution is 6.42. The predicted molar refractivity (Wildman–Crippen MR) is 67.9 cm³/mol. The maximum absolute atomic E-state index is 9.21. The zero-order valence-corrected chi connectivity index (χ0v) is 11.1. The molecule has 0 aliphatic heterocycles. The number of likely N-dealkylation sites (N-methyl/N-ethyl adjacent to an activating group) is 1. The van der Waals surface area contributed by atoms with E-state index in [0.29, 0.717) is 16.5 Å². The number of halogens is 2. The fourth-order valence-corrected chi connectivity index (χ4v) is 1.74. The van der Waals surface area contributed by atoms with Crippen LogP contribution in [-0.4, -0.2) is 24.5 Å². The van der Waals surface area contributed by atoms with E-state index in [4.69, 9.17) is 23.2 Å². The van der Waals surface area contributed by atoms with E-state index in [9.17, 15) is 5.26 Å². The van der Waals surface area contributed by atoms with Crippen LogP contribution in [-0.2, 0) is 6.42 Å². The topological polar surface area (TPSA) is 27.0 Å². The fourth-order valence-electron chi connectivity index (χ4n) is 1.35. The summed E-state index contributed by atoms with van der Waals surface area (Å²) in [6, 6.07) is 7.78. The average Bonchev–Trinajstić information content (AvgIpc) is 2.24. The molecule has 0 saturated heterocycles. The number of rotatable bonds is 3. The zero-order chi connectivity index (χ0) is 12.3. The molecule has 0 aliphatic rings. The third kappa shape index (κ3) is 2.68. The number of hydrogen-bond donors (Lipinski definition) is 0. The van der Waals surface area contributed by atoms with Crippen LogP contribution < -0.4 is 0 Å². The first-order valence-electron chi connectivity index (χ1n) is 4.92. The van der Waals surface area contributed by atoms with E-state index in [1.807, 2.05) is 38.1 Å². The Bertz CT molecular complexity index is 424. The summed E-state index contributed by atoms with van der Waals surface area (Å²) in [5.74, 6) is 0. The molecular weight excluding hydrogens is 243 g/mol. The van der Waals surface area contributed by atoms with Crippen molar-refractivity contribution in [3.8, 4) is 6.07 Å². The molecule has 0 aliphatic carbocycles. The Morgan fingerprint density at radius 3 is 2.50 bits per heavy atom. The molecule has 86 valence electrons. The predicted octanol–water partition coefficient (Wildman–Crippen LogP) is 3.38. The highest BCUT2D eigenvalue weighted by Gasteiger charge is 2.28.